The Morgan fingerprint density at radius 3 is 2.65 bits per heavy atom. The molecule has 0 fully saturated rings. The lowest BCUT2D eigenvalue weighted by Gasteiger charge is -2.22. The highest BCUT2D eigenvalue weighted by Crippen LogP contribution is 2.25. The Hall–Kier alpha value is -1.40. The number of anilines is 1. The van der Waals surface area contributed by atoms with Crippen LogP contribution in [0.1, 0.15) is 13.3 Å². The Balaban J connectivity index is 2.59. The maximum atomic E-state index is 11.7. The van der Waals surface area contributed by atoms with E-state index in [9.17, 15) is 9.59 Å². The van der Waals surface area contributed by atoms with Crippen LogP contribution >= 0.6 is 15.9 Å². The van der Waals surface area contributed by atoms with Crippen molar-refractivity contribution in [1.82, 2.24) is 5.32 Å². The lowest BCUT2D eigenvalue weighted by molar-refractivity contribution is -0.121. The third-order valence-electron chi connectivity index (χ3n) is 2.71. The number of hydrogen-bond acceptors (Lipinski definition) is 3. The Bertz CT molecular complexity index is 465. The molecule has 1 N–H and O–H groups in total. The number of para-hydroxylation sites is 1. The molecule has 1 rings (SSSR count). The van der Waals surface area contributed by atoms with E-state index in [-0.39, 0.29) is 18.2 Å². The van der Waals surface area contributed by atoms with Gasteiger partial charge in [-0.3, -0.25) is 9.59 Å². The molecule has 0 saturated carbocycles. The molecule has 6 heteroatoms. The monoisotopic (exact) mass is 342 g/mol. The van der Waals surface area contributed by atoms with Gasteiger partial charge in [0, 0.05) is 38.0 Å². The van der Waals surface area contributed by atoms with Crippen molar-refractivity contribution in [3.05, 3.63) is 28.7 Å². The molecule has 0 radical (unpaired) electrons. The van der Waals surface area contributed by atoms with Crippen molar-refractivity contribution in [3.8, 4) is 0 Å². The summed E-state index contributed by atoms with van der Waals surface area (Å²) in [5.41, 5.74) is 0.768. The lowest BCUT2D eigenvalue weighted by atomic mass is 10.2. The molecule has 0 heterocycles. The molecule has 2 amide bonds. The third-order valence-corrected chi connectivity index (χ3v) is 3.38. The number of nitrogens with zero attached hydrogens (tertiary/aromatic N) is 1. The summed E-state index contributed by atoms with van der Waals surface area (Å²) in [5.74, 6) is -0.193. The van der Waals surface area contributed by atoms with Gasteiger partial charge >= 0.3 is 0 Å². The fraction of sp³-hybridized carbons (Fsp3) is 0.429. The van der Waals surface area contributed by atoms with Gasteiger partial charge in [0.05, 0.1) is 12.3 Å². The summed E-state index contributed by atoms with van der Waals surface area (Å²) >= 11 is 3.41. The minimum atomic E-state index is -0.0969. The van der Waals surface area contributed by atoms with Crippen LogP contribution in [0.4, 0.5) is 5.69 Å². The van der Waals surface area contributed by atoms with Gasteiger partial charge in [-0.25, -0.2) is 0 Å². The average Bonchev–Trinajstić information content (AvgIpc) is 2.41. The number of nitrogens with one attached hydrogen (secondary N) is 1. The molecule has 0 bridgehead atoms. The lowest BCUT2D eigenvalue weighted by Crippen LogP contribution is -2.35. The number of halogens is 1. The molecule has 0 aromatic heterocycles. The van der Waals surface area contributed by atoms with Gasteiger partial charge in [-0.05, 0) is 28.1 Å². The third kappa shape index (κ3) is 5.30. The van der Waals surface area contributed by atoms with Gasteiger partial charge in [0.2, 0.25) is 11.8 Å². The van der Waals surface area contributed by atoms with Crippen LogP contribution in [0.3, 0.4) is 0 Å². The second-order valence-electron chi connectivity index (χ2n) is 4.21. The van der Waals surface area contributed by atoms with Crippen molar-refractivity contribution in [2.45, 2.75) is 13.3 Å². The molecule has 1 aromatic carbocycles. The maximum absolute atomic E-state index is 11.7. The highest BCUT2D eigenvalue weighted by molar-refractivity contribution is 9.10. The number of hydrogen-bond donors (Lipinski definition) is 1. The normalized spacial score (nSPS) is 10.2. The van der Waals surface area contributed by atoms with Crippen LogP contribution in [0, 0.1) is 0 Å². The van der Waals surface area contributed by atoms with E-state index in [4.69, 9.17) is 4.74 Å². The van der Waals surface area contributed by atoms with Gasteiger partial charge in [-0.15, -0.1) is 0 Å². The molecule has 0 saturated heterocycles. The van der Waals surface area contributed by atoms with E-state index in [1.54, 1.807) is 12.0 Å². The highest BCUT2D eigenvalue weighted by Gasteiger charge is 2.15. The fourth-order valence-electron chi connectivity index (χ4n) is 1.71. The second kappa shape index (κ2) is 8.71. The quantitative estimate of drug-likeness (QED) is 0.770. The van der Waals surface area contributed by atoms with Crippen molar-refractivity contribution >= 4 is 33.4 Å². The van der Waals surface area contributed by atoms with Gasteiger partial charge in [0.15, 0.2) is 0 Å². The van der Waals surface area contributed by atoms with Crippen molar-refractivity contribution in [1.29, 1.82) is 0 Å². The summed E-state index contributed by atoms with van der Waals surface area (Å²) < 4.78 is 5.68. The molecule has 0 aliphatic rings. The van der Waals surface area contributed by atoms with Gasteiger partial charge in [-0.1, -0.05) is 12.1 Å². The number of carbonyl (C=O) groups excluding carboxylic acids is 2. The van der Waals surface area contributed by atoms with Crippen LogP contribution < -0.4 is 10.2 Å². The predicted molar refractivity (Wildman–Crippen MR) is 81.7 cm³/mol. The summed E-state index contributed by atoms with van der Waals surface area (Å²) in [7, 11) is 1.58. The minimum Gasteiger partial charge on any atom is -0.383 e. The number of methoxy groups -OCH3 is 1. The summed E-state index contributed by atoms with van der Waals surface area (Å²) in [4.78, 5) is 25.0. The first-order valence-electron chi connectivity index (χ1n) is 6.34. The van der Waals surface area contributed by atoms with Gasteiger partial charge < -0.3 is 15.0 Å². The number of carbonyl (C=O) groups is 2. The molecule has 5 nitrogen and oxygen atoms in total. The van der Waals surface area contributed by atoms with Crippen molar-refractivity contribution in [2.24, 2.45) is 0 Å². The van der Waals surface area contributed by atoms with Crippen LogP contribution in [-0.4, -0.2) is 38.6 Å². The Morgan fingerprint density at radius 2 is 2.05 bits per heavy atom. The van der Waals surface area contributed by atoms with Gasteiger partial charge in [0.25, 0.3) is 0 Å². The molecule has 0 aliphatic heterocycles. The second-order valence-corrected chi connectivity index (χ2v) is 5.07. The van der Waals surface area contributed by atoms with Crippen molar-refractivity contribution < 1.29 is 14.3 Å². The average molecular weight is 343 g/mol. The highest BCUT2D eigenvalue weighted by atomic mass is 79.9. The van der Waals surface area contributed by atoms with Gasteiger partial charge in [-0.2, -0.15) is 0 Å². The number of benzene rings is 1. The van der Waals surface area contributed by atoms with E-state index < -0.39 is 0 Å². The molecular weight excluding hydrogens is 324 g/mol. The molecule has 0 unspecified atom stereocenters. The SMILES string of the molecule is COCCNC(=O)CCN(C(C)=O)c1ccccc1Br. The topological polar surface area (TPSA) is 58.6 Å². The zero-order chi connectivity index (χ0) is 15.0. The minimum absolute atomic E-state index is 0.0957. The van der Waals surface area contributed by atoms with Crippen LogP contribution in [0.15, 0.2) is 28.7 Å². The first-order chi connectivity index (χ1) is 9.56. The van der Waals surface area contributed by atoms with E-state index in [1.165, 1.54) is 6.92 Å². The standard InChI is InChI=1S/C14H19BrN2O3/c1-11(18)17(13-6-4-3-5-12(13)15)9-7-14(19)16-8-10-20-2/h3-6H,7-10H2,1-2H3,(H,16,19). The summed E-state index contributed by atoms with van der Waals surface area (Å²) in [6.45, 7) is 2.79. The van der Waals surface area contributed by atoms with Crippen LogP contribution in [0.5, 0.6) is 0 Å². The zero-order valence-electron chi connectivity index (χ0n) is 11.7. The molecular formula is C14H19BrN2O3. The fourth-order valence-corrected chi connectivity index (χ4v) is 2.21. The van der Waals surface area contributed by atoms with Crippen molar-refractivity contribution in [3.63, 3.8) is 0 Å². The first kappa shape index (κ1) is 16.7. The van der Waals surface area contributed by atoms with E-state index in [1.807, 2.05) is 24.3 Å². The number of amides is 2. The Kier molecular flexibility index (Phi) is 7.25. The first-order valence-corrected chi connectivity index (χ1v) is 7.14. The summed E-state index contributed by atoms with van der Waals surface area (Å²) in [6, 6.07) is 7.44. The molecule has 0 atom stereocenters. The number of rotatable bonds is 7. The van der Waals surface area contributed by atoms with Crippen molar-refractivity contribution in [2.75, 3.05) is 31.7 Å². The van der Waals surface area contributed by atoms with Crippen LogP contribution in [-0.2, 0) is 14.3 Å². The Morgan fingerprint density at radius 1 is 1.35 bits per heavy atom. The zero-order valence-corrected chi connectivity index (χ0v) is 13.3. The summed E-state index contributed by atoms with van der Waals surface area (Å²) in [6.07, 6.45) is 0.255. The Labute approximate surface area is 127 Å². The molecule has 20 heavy (non-hydrogen) atoms. The number of ether oxygens (including phenoxy) is 1. The van der Waals surface area contributed by atoms with Crippen LogP contribution in [0.25, 0.3) is 0 Å². The molecule has 1 aromatic rings. The van der Waals surface area contributed by atoms with E-state index in [2.05, 4.69) is 21.2 Å². The van der Waals surface area contributed by atoms with E-state index in [0.717, 1.165) is 10.2 Å². The molecule has 0 aliphatic carbocycles. The molecule has 0 spiro atoms. The largest absolute Gasteiger partial charge is 0.383 e. The van der Waals surface area contributed by atoms with E-state index >= 15 is 0 Å². The predicted octanol–water partition coefficient (Wildman–Crippen LogP) is 1.95. The van der Waals surface area contributed by atoms with Gasteiger partial charge in [0.1, 0.15) is 0 Å². The smallest absolute Gasteiger partial charge is 0.223 e. The maximum Gasteiger partial charge on any atom is 0.223 e. The summed E-state index contributed by atoms with van der Waals surface area (Å²) in [5, 5.41) is 2.73. The molecule has 110 valence electrons. The van der Waals surface area contributed by atoms with E-state index in [0.29, 0.717) is 19.7 Å². The van der Waals surface area contributed by atoms with Crippen LogP contribution in [0.2, 0.25) is 0 Å².